The fourth-order valence-electron chi connectivity index (χ4n) is 2.81. The molecule has 1 aromatic carbocycles. The molecule has 0 aliphatic carbocycles. The van der Waals surface area contributed by atoms with E-state index in [1.165, 1.54) is 17.7 Å². The quantitative estimate of drug-likeness (QED) is 0.518. The molecule has 0 atom stereocenters. The normalized spacial score (nSPS) is 10.9. The van der Waals surface area contributed by atoms with Crippen LogP contribution in [0.4, 0.5) is 5.69 Å². The Kier molecular flexibility index (Phi) is 3.32. The summed E-state index contributed by atoms with van der Waals surface area (Å²) < 4.78 is 1.80. The zero-order valence-electron chi connectivity index (χ0n) is 13.1. The van der Waals surface area contributed by atoms with Crippen LogP contribution >= 0.6 is 11.3 Å². The molecule has 24 heavy (non-hydrogen) atoms. The van der Waals surface area contributed by atoms with Crippen molar-refractivity contribution >= 4 is 27.4 Å². The summed E-state index contributed by atoms with van der Waals surface area (Å²) in [4.78, 5) is 17.6. The van der Waals surface area contributed by atoms with Crippen molar-refractivity contribution in [3.8, 4) is 17.1 Å². The molecule has 0 unspecified atom stereocenters. The maximum atomic E-state index is 7.20. The van der Waals surface area contributed by atoms with Gasteiger partial charge in [0.1, 0.15) is 16.7 Å². The Morgan fingerprint density at radius 1 is 1.08 bits per heavy atom. The molecule has 0 N–H and O–H groups in total. The summed E-state index contributed by atoms with van der Waals surface area (Å²) in [5.74, 6) is 0.708. The highest BCUT2D eigenvalue weighted by Gasteiger charge is 2.15. The highest BCUT2D eigenvalue weighted by atomic mass is 32.1. The molecule has 0 radical (unpaired) electrons. The van der Waals surface area contributed by atoms with E-state index in [1.54, 1.807) is 16.4 Å². The van der Waals surface area contributed by atoms with Gasteiger partial charge >= 0.3 is 0 Å². The minimum Gasteiger partial charge on any atom is -0.243 e. The van der Waals surface area contributed by atoms with Gasteiger partial charge in [-0.1, -0.05) is 12.1 Å². The summed E-state index contributed by atoms with van der Waals surface area (Å²) in [6.45, 7) is 11.1. The Balaban J connectivity index is 1.91. The van der Waals surface area contributed by atoms with Gasteiger partial charge in [-0.25, -0.2) is 24.5 Å². The highest BCUT2D eigenvalue weighted by Crippen LogP contribution is 2.29. The summed E-state index contributed by atoms with van der Waals surface area (Å²) in [6, 6.07) is 5.70. The Morgan fingerprint density at radius 3 is 2.62 bits per heavy atom. The van der Waals surface area contributed by atoms with E-state index in [-0.39, 0.29) is 0 Å². The van der Waals surface area contributed by atoms with Crippen LogP contribution in [0, 0.1) is 20.4 Å². The summed E-state index contributed by atoms with van der Waals surface area (Å²) in [5, 5.41) is 4.39. The number of aryl methyl sites for hydroxylation is 2. The van der Waals surface area contributed by atoms with Gasteiger partial charge in [0.2, 0.25) is 0 Å². The zero-order valence-corrected chi connectivity index (χ0v) is 13.9. The van der Waals surface area contributed by atoms with Crippen LogP contribution in [-0.4, -0.2) is 24.7 Å². The van der Waals surface area contributed by atoms with Crippen molar-refractivity contribution < 1.29 is 0 Å². The summed E-state index contributed by atoms with van der Waals surface area (Å²) in [7, 11) is 0. The number of rotatable bonds is 2. The van der Waals surface area contributed by atoms with Crippen molar-refractivity contribution in [2.45, 2.75) is 13.8 Å². The van der Waals surface area contributed by atoms with Crippen molar-refractivity contribution in [3.05, 3.63) is 58.8 Å². The van der Waals surface area contributed by atoms with E-state index in [9.17, 15) is 0 Å². The van der Waals surface area contributed by atoms with Crippen LogP contribution in [0.15, 0.2) is 36.2 Å². The third kappa shape index (κ3) is 2.25. The molecule has 6 nitrogen and oxygen atoms in total. The molecule has 0 aliphatic rings. The lowest BCUT2D eigenvalue weighted by Gasteiger charge is -2.13. The SMILES string of the molecule is [C-]#[N+]c1cc(C)c(-n2ncnc2-c2cnc3scnc3c2)c(C)c1. The molecule has 4 aromatic rings. The number of nitrogens with zero attached hydrogens (tertiary/aromatic N) is 6. The first-order valence-corrected chi connectivity index (χ1v) is 8.14. The van der Waals surface area contributed by atoms with Crippen LogP contribution in [0.1, 0.15) is 11.1 Å². The third-order valence-electron chi connectivity index (χ3n) is 3.81. The maximum absolute atomic E-state index is 7.20. The summed E-state index contributed by atoms with van der Waals surface area (Å²) in [6.07, 6.45) is 3.32. The number of fused-ring (bicyclic) bond motifs is 1. The molecule has 4 rings (SSSR count). The average molecular weight is 332 g/mol. The van der Waals surface area contributed by atoms with Gasteiger partial charge in [-0.05, 0) is 31.0 Å². The molecule has 0 aliphatic heterocycles. The molecular weight excluding hydrogens is 320 g/mol. The Morgan fingerprint density at radius 2 is 1.88 bits per heavy atom. The van der Waals surface area contributed by atoms with Crippen LogP contribution in [0.2, 0.25) is 0 Å². The van der Waals surface area contributed by atoms with E-state index in [0.717, 1.165) is 32.7 Å². The minimum atomic E-state index is 0.626. The van der Waals surface area contributed by atoms with Gasteiger partial charge in [0.15, 0.2) is 11.5 Å². The zero-order chi connectivity index (χ0) is 16.7. The highest BCUT2D eigenvalue weighted by molar-refractivity contribution is 7.16. The third-order valence-corrected chi connectivity index (χ3v) is 4.56. The van der Waals surface area contributed by atoms with Crippen molar-refractivity contribution in [1.29, 1.82) is 0 Å². The van der Waals surface area contributed by atoms with Crippen molar-refractivity contribution in [2.24, 2.45) is 0 Å². The Labute approximate surface area is 142 Å². The van der Waals surface area contributed by atoms with Gasteiger partial charge in [-0.3, -0.25) is 0 Å². The number of benzene rings is 1. The van der Waals surface area contributed by atoms with Crippen LogP contribution in [0.25, 0.3) is 32.3 Å². The molecule has 0 fully saturated rings. The molecule has 0 saturated carbocycles. The molecule has 3 heterocycles. The number of thiazole rings is 1. The smallest absolute Gasteiger partial charge is 0.187 e. The monoisotopic (exact) mass is 332 g/mol. The van der Waals surface area contributed by atoms with E-state index in [0.29, 0.717) is 11.5 Å². The largest absolute Gasteiger partial charge is 0.243 e. The van der Waals surface area contributed by atoms with Crippen LogP contribution in [0.5, 0.6) is 0 Å². The van der Waals surface area contributed by atoms with Crippen molar-refractivity contribution in [2.75, 3.05) is 0 Å². The molecule has 0 amide bonds. The van der Waals surface area contributed by atoms with Gasteiger partial charge in [-0.15, -0.1) is 11.3 Å². The second-order valence-electron chi connectivity index (χ2n) is 5.44. The van der Waals surface area contributed by atoms with E-state index < -0.39 is 0 Å². The fraction of sp³-hybridized carbons (Fsp3) is 0.118. The standard InChI is InChI=1S/C17H12N6S/c1-10-4-13(18-3)5-11(2)15(10)23-16(20-8-22-23)12-6-14-17(19-7-12)24-9-21-14/h4-9H,1-2H3. The van der Waals surface area contributed by atoms with Crippen LogP contribution < -0.4 is 0 Å². The number of pyridine rings is 1. The van der Waals surface area contributed by atoms with Crippen LogP contribution in [-0.2, 0) is 0 Å². The molecule has 7 heteroatoms. The molecular formula is C17H12N6S. The topological polar surface area (TPSA) is 60.9 Å². The van der Waals surface area contributed by atoms with E-state index in [1.807, 2.05) is 32.0 Å². The number of hydrogen-bond donors (Lipinski definition) is 0. The van der Waals surface area contributed by atoms with Crippen LogP contribution in [0.3, 0.4) is 0 Å². The fourth-order valence-corrected chi connectivity index (χ4v) is 3.42. The van der Waals surface area contributed by atoms with Gasteiger partial charge < -0.3 is 0 Å². The lowest BCUT2D eigenvalue weighted by atomic mass is 10.1. The predicted molar refractivity (Wildman–Crippen MR) is 93.5 cm³/mol. The summed E-state index contributed by atoms with van der Waals surface area (Å²) in [5.41, 5.74) is 7.02. The number of aromatic nitrogens is 5. The minimum absolute atomic E-state index is 0.626. The lowest BCUT2D eigenvalue weighted by Crippen LogP contribution is -2.04. The first-order valence-electron chi connectivity index (χ1n) is 7.26. The number of hydrogen-bond acceptors (Lipinski definition) is 5. The Hall–Kier alpha value is -3.11. The lowest BCUT2D eigenvalue weighted by molar-refractivity contribution is 0.871. The van der Waals surface area contributed by atoms with E-state index >= 15 is 0 Å². The first kappa shape index (κ1) is 14.5. The maximum Gasteiger partial charge on any atom is 0.187 e. The molecule has 116 valence electrons. The first-order chi connectivity index (χ1) is 11.7. The van der Waals surface area contributed by atoms with Gasteiger partial charge in [0, 0.05) is 11.8 Å². The second kappa shape index (κ2) is 5.51. The molecule has 0 bridgehead atoms. The van der Waals surface area contributed by atoms with E-state index in [2.05, 4.69) is 24.9 Å². The summed E-state index contributed by atoms with van der Waals surface area (Å²) >= 11 is 1.51. The van der Waals surface area contributed by atoms with Gasteiger partial charge in [0.05, 0.1) is 17.8 Å². The van der Waals surface area contributed by atoms with Gasteiger partial charge in [-0.2, -0.15) is 5.10 Å². The predicted octanol–water partition coefficient (Wildman–Crippen LogP) is 4.11. The molecule has 3 aromatic heterocycles. The second-order valence-corrected chi connectivity index (χ2v) is 6.27. The van der Waals surface area contributed by atoms with Crippen molar-refractivity contribution in [3.63, 3.8) is 0 Å². The average Bonchev–Trinajstić information content (AvgIpc) is 3.22. The van der Waals surface area contributed by atoms with Crippen molar-refractivity contribution in [1.82, 2.24) is 24.7 Å². The van der Waals surface area contributed by atoms with E-state index in [4.69, 9.17) is 6.57 Å². The molecule has 0 spiro atoms. The van der Waals surface area contributed by atoms with Gasteiger partial charge in [0.25, 0.3) is 0 Å². The molecule has 0 saturated heterocycles. The Bertz CT molecular complexity index is 1080.